The van der Waals surface area contributed by atoms with Gasteiger partial charge in [0.25, 0.3) is 0 Å². The Balaban J connectivity index is 1.12. The molecule has 3 aromatic heterocycles. The summed E-state index contributed by atoms with van der Waals surface area (Å²) in [6.07, 6.45) is 0. The molecule has 4 nitrogen and oxygen atoms in total. The lowest BCUT2D eigenvalue weighted by molar-refractivity contribution is 0.666. The first-order valence-electron chi connectivity index (χ1n) is 21.1. The minimum atomic E-state index is 0.803. The van der Waals surface area contributed by atoms with Gasteiger partial charge in [-0.05, 0) is 88.1 Å². The smallest absolute Gasteiger partial charge is 0.159 e. The van der Waals surface area contributed by atoms with Crippen LogP contribution in [0.1, 0.15) is 0 Å². The number of hydrogen-bond donors (Lipinski definition) is 0. The molecule has 290 valence electrons. The van der Waals surface area contributed by atoms with Gasteiger partial charge in [0.05, 0.1) is 22.4 Å². The van der Waals surface area contributed by atoms with Crippen LogP contribution in [0.4, 0.5) is 17.1 Å². The van der Waals surface area contributed by atoms with Crippen LogP contribution in [-0.4, -0.2) is 4.57 Å². The van der Waals surface area contributed by atoms with Crippen LogP contribution in [0.2, 0.25) is 0 Å². The molecule has 0 saturated heterocycles. The van der Waals surface area contributed by atoms with E-state index in [2.05, 4.69) is 210 Å². The van der Waals surface area contributed by atoms with Gasteiger partial charge >= 0.3 is 0 Å². The average molecular weight is 793 g/mol. The number of hydrogen-bond acceptors (Lipinski definition) is 3. The van der Waals surface area contributed by atoms with Crippen molar-refractivity contribution in [2.24, 2.45) is 0 Å². The Bertz CT molecular complexity index is 3870. The predicted octanol–water partition coefficient (Wildman–Crippen LogP) is 16.5. The maximum Gasteiger partial charge on any atom is 0.159 e. The molecule has 0 aliphatic carbocycles. The van der Waals surface area contributed by atoms with Crippen molar-refractivity contribution in [3.05, 3.63) is 218 Å². The molecule has 0 bridgehead atoms. The standard InChI is InChI=1S/C58H36N2O2/c1-2-17-40(18-3-1)60-51-27-9-6-20-45(51)48-25-13-24-44(56(48)60)39-35-50-47-22-8-11-30-55(47)62-58(50)53(36-39)59(52-28-14-26-49-46-21-7-10-29-54(46)61-57(49)52)41-33-31-38(32-34-41)43-23-12-16-37-15-4-5-19-42(37)43/h1-36H. The lowest BCUT2D eigenvalue weighted by Crippen LogP contribution is -2.11. The summed E-state index contributed by atoms with van der Waals surface area (Å²) in [5.74, 6) is 0. The summed E-state index contributed by atoms with van der Waals surface area (Å²) in [4.78, 5) is 2.33. The van der Waals surface area contributed by atoms with Crippen LogP contribution >= 0.6 is 0 Å². The largest absolute Gasteiger partial charge is 0.454 e. The summed E-state index contributed by atoms with van der Waals surface area (Å²) in [7, 11) is 0. The van der Waals surface area contributed by atoms with E-state index in [9.17, 15) is 0 Å². The van der Waals surface area contributed by atoms with Gasteiger partial charge in [-0.1, -0.05) is 158 Å². The second kappa shape index (κ2) is 13.6. The van der Waals surface area contributed by atoms with E-state index in [4.69, 9.17) is 8.83 Å². The maximum atomic E-state index is 6.96. The van der Waals surface area contributed by atoms with E-state index >= 15 is 0 Å². The van der Waals surface area contributed by atoms with Crippen molar-refractivity contribution in [2.75, 3.05) is 4.90 Å². The zero-order chi connectivity index (χ0) is 40.7. The molecule has 13 rings (SSSR count). The topological polar surface area (TPSA) is 34.5 Å². The minimum Gasteiger partial charge on any atom is -0.454 e. The molecule has 0 atom stereocenters. The van der Waals surface area contributed by atoms with Gasteiger partial charge in [-0.25, -0.2) is 0 Å². The lowest BCUT2D eigenvalue weighted by atomic mass is 9.97. The molecular weight excluding hydrogens is 757 g/mol. The summed E-state index contributed by atoms with van der Waals surface area (Å²) in [6, 6.07) is 77.9. The number of para-hydroxylation sites is 6. The van der Waals surface area contributed by atoms with Crippen LogP contribution in [-0.2, 0) is 0 Å². The highest BCUT2D eigenvalue weighted by molar-refractivity contribution is 6.18. The van der Waals surface area contributed by atoms with E-state index in [0.29, 0.717) is 0 Å². The van der Waals surface area contributed by atoms with Gasteiger partial charge in [0.15, 0.2) is 11.2 Å². The zero-order valence-corrected chi connectivity index (χ0v) is 33.5. The average Bonchev–Trinajstić information content (AvgIpc) is 4.02. The fourth-order valence-electron chi connectivity index (χ4n) is 9.81. The fraction of sp³-hybridized carbons (Fsp3) is 0. The summed E-state index contributed by atoms with van der Waals surface area (Å²) >= 11 is 0. The van der Waals surface area contributed by atoms with Gasteiger partial charge in [-0.3, -0.25) is 0 Å². The van der Waals surface area contributed by atoms with E-state index in [1.54, 1.807) is 0 Å². The van der Waals surface area contributed by atoms with Gasteiger partial charge < -0.3 is 18.3 Å². The van der Waals surface area contributed by atoms with Crippen molar-refractivity contribution in [3.8, 4) is 27.9 Å². The van der Waals surface area contributed by atoms with Gasteiger partial charge in [0.1, 0.15) is 11.2 Å². The Kier molecular flexibility index (Phi) is 7.57. The van der Waals surface area contributed by atoms with Crippen molar-refractivity contribution >= 4 is 93.5 Å². The third-order valence-corrected chi connectivity index (χ3v) is 12.6. The predicted molar refractivity (Wildman–Crippen MR) is 258 cm³/mol. The Morgan fingerprint density at radius 1 is 0.355 bits per heavy atom. The van der Waals surface area contributed by atoms with E-state index < -0.39 is 0 Å². The van der Waals surface area contributed by atoms with Crippen molar-refractivity contribution in [1.82, 2.24) is 4.57 Å². The molecule has 0 aliphatic heterocycles. The molecule has 0 fully saturated rings. The van der Waals surface area contributed by atoms with Crippen LogP contribution in [0, 0.1) is 0 Å². The van der Waals surface area contributed by atoms with Crippen molar-refractivity contribution in [2.45, 2.75) is 0 Å². The lowest BCUT2D eigenvalue weighted by Gasteiger charge is -2.26. The SMILES string of the molecule is c1ccc(-n2c3ccccc3c3cccc(-c4cc(N(c5ccc(-c6cccc7ccccc67)cc5)c5cccc6c5oc5ccccc56)c5oc6ccccc6c5c4)c32)cc1. The Morgan fingerprint density at radius 3 is 1.74 bits per heavy atom. The molecule has 0 saturated carbocycles. The van der Waals surface area contributed by atoms with Crippen LogP contribution < -0.4 is 4.90 Å². The molecule has 0 unspecified atom stereocenters. The van der Waals surface area contributed by atoms with Crippen LogP contribution in [0.25, 0.3) is 104 Å². The number of fused-ring (bicyclic) bond motifs is 10. The summed E-state index contributed by atoms with van der Waals surface area (Å²) < 4.78 is 16.2. The highest BCUT2D eigenvalue weighted by Crippen LogP contribution is 2.49. The van der Waals surface area contributed by atoms with E-state index in [0.717, 1.165) is 88.8 Å². The summed E-state index contributed by atoms with van der Waals surface area (Å²) in [6.45, 7) is 0. The minimum absolute atomic E-state index is 0.803. The Labute approximate surface area is 356 Å². The third-order valence-electron chi connectivity index (χ3n) is 12.6. The Hall–Kier alpha value is -8.34. The first-order valence-corrected chi connectivity index (χ1v) is 21.1. The molecule has 10 aromatic carbocycles. The summed E-state index contributed by atoms with van der Waals surface area (Å²) in [5.41, 5.74) is 14.1. The van der Waals surface area contributed by atoms with Gasteiger partial charge in [0.2, 0.25) is 0 Å². The first-order chi connectivity index (χ1) is 30.8. The van der Waals surface area contributed by atoms with E-state index in [1.165, 1.54) is 32.6 Å². The molecule has 4 heteroatoms. The normalized spacial score (nSPS) is 11.9. The number of rotatable bonds is 6. The first kappa shape index (κ1) is 34.5. The molecule has 62 heavy (non-hydrogen) atoms. The van der Waals surface area contributed by atoms with Gasteiger partial charge in [-0.15, -0.1) is 0 Å². The number of benzene rings is 10. The fourth-order valence-corrected chi connectivity index (χ4v) is 9.81. The van der Waals surface area contributed by atoms with Gasteiger partial charge in [-0.2, -0.15) is 0 Å². The maximum absolute atomic E-state index is 6.96. The molecule has 0 amide bonds. The van der Waals surface area contributed by atoms with Gasteiger partial charge in [0, 0.05) is 49.3 Å². The molecule has 0 aliphatic rings. The highest BCUT2D eigenvalue weighted by Gasteiger charge is 2.26. The quantitative estimate of drug-likeness (QED) is 0.168. The molecule has 0 radical (unpaired) electrons. The third kappa shape index (κ3) is 5.20. The molecule has 13 aromatic rings. The second-order valence-corrected chi connectivity index (χ2v) is 16.0. The molecular formula is C58H36N2O2. The van der Waals surface area contributed by atoms with E-state index in [1.807, 2.05) is 18.2 Å². The molecule has 3 heterocycles. The number of anilines is 3. The van der Waals surface area contributed by atoms with Crippen molar-refractivity contribution in [3.63, 3.8) is 0 Å². The number of nitrogens with zero attached hydrogens (tertiary/aromatic N) is 2. The monoisotopic (exact) mass is 792 g/mol. The zero-order valence-electron chi connectivity index (χ0n) is 33.5. The van der Waals surface area contributed by atoms with E-state index in [-0.39, 0.29) is 0 Å². The molecule has 0 N–H and O–H groups in total. The van der Waals surface area contributed by atoms with Crippen LogP contribution in [0.15, 0.2) is 227 Å². The van der Waals surface area contributed by atoms with Crippen LogP contribution in [0.3, 0.4) is 0 Å². The van der Waals surface area contributed by atoms with Crippen molar-refractivity contribution in [1.29, 1.82) is 0 Å². The summed E-state index contributed by atoms with van der Waals surface area (Å²) in [5, 5.41) is 9.11. The number of furan rings is 2. The van der Waals surface area contributed by atoms with Crippen LogP contribution in [0.5, 0.6) is 0 Å². The number of aromatic nitrogens is 1. The van der Waals surface area contributed by atoms with Crippen molar-refractivity contribution < 1.29 is 8.83 Å². The highest BCUT2D eigenvalue weighted by atomic mass is 16.3. The Morgan fingerprint density at radius 2 is 0.935 bits per heavy atom. The second-order valence-electron chi connectivity index (χ2n) is 16.0. The molecule has 0 spiro atoms.